The van der Waals surface area contributed by atoms with Crippen molar-refractivity contribution in [2.45, 2.75) is 94.9 Å². The molecule has 0 aliphatic carbocycles. The minimum atomic E-state index is 0.535. The van der Waals surface area contributed by atoms with Gasteiger partial charge in [0.25, 0.3) is 0 Å². The van der Waals surface area contributed by atoms with Crippen molar-refractivity contribution in [3.05, 3.63) is 48.5 Å². The number of anilines is 2. The second-order valence-corrected chi connectivity index (χ2v) is 13.9. The van der Waals surface area contributed by atoms with Crippen molar-refractivity contribution in [1.29, 1.82) is 0 Å². The van der Waals surface area contributed by atoms with E-state index in [0.717, 1.165) is 46.5 Å². The molecule has 0 heterocycles. The van der Waals surface area contributed by atoms with Crippen molar-refractivity contribution < 1.29 is 14.0 Å². The van der Waals surface area contributed by atoms with Crippen LogP contribution in [0.1, 0.15) is 94.9 Å². The van der Waals surface area contributed by atoms with Crippen LogP contribution in [0.3, 0.4) is 0 Å². The van der Waals surface area contributed by atoms with Gasteiger partial charge in [0.15, 0.2) is 5.11 Å². The molecule has 5 nitrogen and oxygen atoms in total. The molecule has 0 atom stereocenters. The first-order valence-corrected chi connectivity index (χ1v) is 17.2. The van der Waals surface area contributed by atoms with Gasteiger partial charge in [-0.05, 0) is 124 Å². The molecule has 244 valence electrons. The van der Waals surface area contributed by atoms with E-state index in [0.29, 0.717) is 18.3 Å². The first-order chi connectivity index (χ1) is 20.4. The summed E-state index contributed by atoms with van der Waals surface area (Å²) in [6, 6.07) is 15.3. The van der Waals surface area contributed by atoms with Crippen molar-refractivity contribution in [2.24, 2.45) is 23.7 Å². The Bertz CT molecular complexity index is 881. The van der Waals surface area contributed by atoms with Crippen LogP contribution < -0.4 is 20.1 Å². The lowest BCUT2D eigenvalue weighted by Crippen LogP contribution is -2.52. The van der Waals surface area contributed by atoms with E-state index in [4.69, 9.17) is 21.7 Å². The first-order valence-electron chi connectivity index (χ1n) is 16.8. The van der Waals surface area contributed by atoms with Crippen molar-refractivity contribution in [3.8, 4) is 11.5 Å². The quantitative estimate of drug-likeness (QED) is 0.129. The lowest BCUT2D eigenvalue weighted by molar-refractivity contribution is -0.930. The highest BCUT2D eigenvalue weighted by Crippen LogP contribution is 2.21. The Morgan fingerprint density at radius 1 is 0.558 bits per heavy atom. The zero-order chi connectivity index (χ0) is 32.3. The molecular formula is C37H64N3O2S+. The fraction of sp³-hybridized carbons (Fsp3) is 0.649. The number of ether oxygens (including phenoxy) is 2. The fourth-order valence-corrected chi connectivity index (χ4v) is 4.93. The highest BCUT2D eigenvalue weighted by molar-refractivity contribution is 7.80. The molecule has 43 heavy (non-hydrogen) atoms. The van der Waals surface area contributed by atoms with Crippen LogP contribution in [0.15, 0.2) is 48.5 Å². The summed E-state index contributed by atoms with van der Waals surface area (Å²) in [5, 5.41) is 6.80. The summed E-state index contributed by atoms with van der Waals surface area (Å²) in [6.45, 7) is 29.8. The number of hydrogen-bond donors (Lipinski definition) is 2. The minimum Gasteiger partial charge on any atom is -0.494 e. The molecule has 2 rings (SSSR count). The Morgan fingerprint density at radius 3 is 1.07 bits per heavy atom. The molecule has 0 bridgehead atoms. The smallest absolute Gasteiger partial charge is 0.175 e. The topological polar surface area (TPSA) is 42.5 Å². The maximum atomic E-state index is 5.40. The summed E-state index contributed by atoms with van der Waals surface area (Å²) in [6.07, 6.45) is 5.53. The number of rotatable bonds is 18. The van der Waals surface area contributed by atoms with E-state index in [1.807, 2.05) is 62.4 Å². The molecular weight excluding hydrogens is 550 g/mol. The van der Waals surface area contributed by atoms with Crippen molar-refractivity contribution in [3.63, 3.8) is 0 Å². The van der Waals surface area contributed by atoms with Crippen LogP contribution >= 0.6 is 12.2 Å². The van der Waals surface area contributed by atoms with E-state index in [1.165, 1.54) is 56.3 Å². The molecule has 0 spiro atoms. The lowest BCUT2D eigenvalue weighted by atomic mass is 10.0. The number of benzene rings is 2. The summed E-state index contributed by atoms with van der Waals surface area (Å²) in [7, 11) is 0. The molecule has 0 radical (unpaired) electrons. The maximum absolute atomic E-state index is 5.40. The average Bonchev–Trinajstić information content (AvgIpc) is 2.95. The van der Waals surface area contributed by atoms with Crippen LogP contribution in [0.5, 0.6) is 11.5 Å². The summed E-state index contributed by atoms with van der Waals surface area (Å²) in [5.74, 6) is 5.02. The normalized spacial score (nSPS) is 11.5. The van der Waals surface area contributed by atoms with E-state index < -0.39 is 0 Å². The molecule has 0 aliphatic heterocycles. The Labute approximate surface area is 270 Å². The van der Waals surface area contributed by atoms with Crippen LogP contribution in [0.25, 0.3) is 0 Å². The van der Waals surface area contributed by atoms with E-state index >= 15 is 0 Å². The molecule has 2 aromatic carbocycles. The third-order valence-corrected chi connectivity index (χ3v) is 7.77. The van der Waals surface area contributed by atoms with Gasteiger partial charge in [0, 0.05) is 11.4 Å². The van der Waals surface area contributed by atoms with E-state index in [-0.39, 0.29) is 0 Å². The molecule has 0 saturated carbocycles. The Hall–Kier alpha value is -2.31. The zero-order valence-electron chi connectivity index (χ0n) is 29.2. The predicted octanol–water partition coefficient (Wildman–Crippen LogP) is 10.3. The van der Waals surface area contributed by atoms with Gasteiger partial charge in [-0.1, -0.05) is 55.4 Å². The number of thiocarbonyl (C=S) groups is 1. The molecule has 0 aromatic heterocycles. The summed E-state index contributed by atoms with van der Waals surface area (Å²) in [4.78, 5) is 0. The van der Waals surface area contributed by atoms with Crippen molar-refractivity contribution in [2.75, 3.05) is 50.0 Å². The SMILES string of the molecule is CC(C)CC[N+](CCC(C)C)(CCC(C)C)CCC(C)C.CCOc1ccc(NC(=S)Nc2ccc(OCC)cc2)cc1. The van der Waals surface area contributed by atoms with Gasteiger partial charge in [0.1, 0.15) is 11.5 Å². The Balaban J connectivity index is 0.000000431. The monoisotopic (exact) mass is 614 g/mol. The van der Waals surface area contributed by atoms with Crippen molar-refractivity contribution >= 4 is 28.7 Å². The highest BCUT2D eigenvalue weighted by atomic mass is 32.1. The molecule has 6 heteroatoms. The van der Waals surface area contributed by atoms with Gasteiger partial charge in [0.2, 0.25) is 0 Å². The first kappa shape index (κ1) is 38.7. The molecule has 0 unspecified atom stereocenters. The van der Waals surface area contributed by atoms with Gasteiger partial charge in [-0.15, -0.1) is 0 Å². The molecule has 2 N–H and O–H groups in total. The fourth-order valence-electron chi connectivity index (χ4n) is 4.69. The third-order valence-electron chi connectivity index (χ3n) is 7.57. The number of hydrogen-bond acceptors (Lipinski definition) is 3. The molecule has 0 fully saturated rings. The minimum absolute atomic E-state index is 0.535. The Kier molecular flexibility index (Phi) is 19.3. The van der Waals surface area contributed by atoms with Gasteiger partial charge in [-0.2, -0.15) is 0 Å². The highest BCUT2D eigenvalue weighted by Gasteiger charge is 2.27. The van der Waals surface area contributed by atoms with E-state index in [9.17, 15) is 0 Å². The number of quaternary nitrogens is 1. The number of nitrogens with zero attached hydrogens (tertiary/aromatic N) is 1. The van der Waals surface area contributed by atoms with E-state index in [2.05, 4.69) is 66.0 Å². The predicted molar refractivity (Wildman–Crippen MR) is 193 cm³/mol. The van der Waals surface area contributed by atoms with Crippen LogP contribution in [-0.2, 0) is 0 Å². The second-order valence-electron chi connectivity index (χ2n) is 13.5. The molecule has 0 aliphatic rings. The maximum Gasteiger partial charge on any atom is 0.175 e. The summed E-state index contributed by atoms with van der Waals surface area (Å²) in [5.41, 5.74) is 1.82. The van der Waals surface area contributed by atoms with Crippen LogP contribution in [-0.4, -0.2) is 49.0 Å². The van der Waals surface area contributed by atoms with E-state index in [1.54, 1.807) is 0 Å². The van der Waals surface area contributed by atoms with Crippen molar-refractivity contribution in [1.82, 2.24) is 0 Å². The van der Waals surface area contributed by atoms with Gasteiger partial charge in [0.05, 0.1) is 39.4 Å². The average molecular weight is 615 g/mol. The van der Waals surface area contributed by atoms with Crippen LogP contribution in [0.2, 0.25) is 0 Å². The lowest BCUT2D eigenvalue weighted by Gasteiger charge is -2.41. The van der Waals surface area contributed by atoms with Gasteiger partial charge in [-0.3, -0.25) is 0 Å². The standard InChI is InChI=1S/C20H44N.C17H20N2O2S/c1-17(2)9-13-21(14-10-18(3)4,15-11-19(5)6)16-12-20(7)8;1-3-20-15-9-5-13(6-10-15)18-17(22)19-14-7-11-16(12-8-14)21-4-2/h17-20H,9-16H2,1-8H3;5-12H,3-4H2,1-2H3,(H2,18,19,22)/q+1;. The summed E-state index contributed by atoms with van der Waals surface area (Å²) < 4.78 is 12.2. The molecule has 0 saturated heterocycles. The zero-order valence-corrected chi connectivity index (χ0v) is 30.0. The molecule has 2 aromatic rings. The second kappa shape index (κ2) is 21.4. The largest absolute Gasteiger partial charge is 0.494 e. The van der Waals surface area contributed by atoms with Gasteiger partial charge in [-0.25, -0.2) is 0 Å². The van der Waals surface area contributed by atoms with Gasteiger partial charge >= 0.3 is 0 Å². The Morgan fingerprint density at radius 2 is 0.837 bits per heavy atom. The summed E-state index contributed by atoms with van der Waals surface area (Å²) >= 11 is 5.30. The van der Waals surface area contributed by atoms with Gasteiger partial charge < -0.3 is 24.6 Å². The van der Waals surface area contributed by atoms with Crippen LogP contribution in [0.4, 0.5) is 11.4 Å². The number of nitrogens with one attached hydrogen (secondary N) is 2. The third kappa shape index (κ3) is 18.2. The molecule has 0 amide bonds. The van der Waals surface area contributed by atoms with Crippen LogP contribution in [0, 0.1) is 23.7 Å².